The fraction of sp³-hybridized carbons (Fsp3) is 0.367. The Kier molecular flexibility index (Phi) is 13.1. The van der Waals surface area contributed by atoms with Crippen LogP contribution in [0, 0.1) is 5.92 Å². The molecule has 4 N–H and O–H groups in total. The second kappa shape index (κ2) is 18.6. The summed E-state index contributed by atoms with van der Waals surface area (Å²) in [6.07, 6.45) is 2.21. The number of allylic oxidation sites excluding steroid dienone is 2. The third-order valence-corrected chi connectivity index (χ3v) is 12.6. The van der Waals surface area contributed by atoms with Gasteiger partial charge in [0.25, 0.3) is 0 Å². The van der Waals surface area contributed by atoms with Crippen molar-refractivity contribution < 1.29 is 33.4 Å². The molecule has 5 aromatic rings. The molecule has 0 bridgehead atoms. The highest BCUT2D eigenvalue weighted by Crippen LogP contribution is 2.46. The second-order valence-corrected chi connectivity index (χ2v) is 16.4. The van der Waals surface area contributed by atoms with Crippen LogP contribution in [0.2, 0.25) is 0 Å². The van der Waals surface area contributed by atoms with Gasteiger partial charge >= 0.3 is 12.2 Å². The highest BCUT2D eigenvalue weighted by Gasteiger charge is 2.53. The first-order valence-electron chi connectivity index (χ1n) is 21.5. The van der Waals surface area contributed by atoms with E-state index < -0.39 is 23.8 Å². The minimum absolute atomic E-state index is 0.134. The normalized spacial score (nSPS) is 17.6. The summed E-state index contributed by atoms with van der Waals surface area (Å²) < 4.78 is 16.0. The summed E-state index contributed by atoms with van der Waals surface area (Å²) in [4.78, 5) is 63.6. The van der Waals surface area contributed by atoms with E-state index in [1.165, 1.54) is 14.2 Å². The number of H-pyrrole nitrogens is 1. The zero-order chi connectivity index (χ0) is 45.0. The number of carbonyl (C=O) groups is 4. The van der Waals surface area contributed by atoms with Crippen LogP contribution in [0.3, 0.4) is 0 Å². The number of aromatic nitrogens is 2. The van der Waals surface area contributed by atoms with Crippen LogP contribution in [0.1, 0.15) is 82.9 Å². The predicted octanol–water partition coefficient (Wildman–Crippen LogP) is 8.30. The van der Waals surface area contributed by atoms with Crippen molar-refractivity contribution >= 4 is 51.5 Å². The van der Waals surface area contributed by atoms with Gasteiger partial charge in [-0.2, -0.15) is 0 Å². The Labute approximate surface area is 368 Å². The number of alkyl carbamates (subject to hydrolysis) is 2. The maximum Gasteiger partial charge on any atom is 0.407 e. The lowest BCUT2D eigenvalue weighted by atomic mass is 9.75. The number of amides is 4. The third-order valence-electron chi connectivity index (χ3n) is 12.6. The lowest BCUT2D eigenvalue weighted by Crippen LogP contribution is -2.66. The lowest BCUT2D eigenvalue weighted by Gasteiger charge is -2.54. The molecule has 4 amide bonds. The molecule has 0 radical (unpaired) electrons. The molecule has 330 valence electrons. The number of hydrogen-bond acceptors (Lipinski definition) is 9. The van der Waals surface area contributed by atoms with Crippen molar-refractivity contribution in [3.63, 3.8) is 0 Å². The van der Waals surface area contributed by atoms with Crippen LogP contribution >= 0.6 is 0 Å². The molecule has 2 aliphatic heterocycles. The predicted molar refractivity (Wildman–Crippen MR) is 243 cm³/mol. The van der Waals surface area contributed by atoms with E-state index in [0.29, 0.717) is 37.6 Å². The first kappa shape index (κ1) is 44.2. The van der Waals surface area contributed by atoms with Gasteiger partial charge in [0.2, 0.25) is 11.8 Å². The average Bonchev–Trinajstić information content (AvgIpc) is 3.76. The van der Waals surface area contributed by atoms with Gasteiger partial charge in [-0.15, -0.1) is 0 Å². The van der Waals surface area contributed by atoms with Crippen LogP contribution in [0.4, 0.5) is 9.59 Å². The molecule has 7 rings (SSSR count). The molecule has 0 saturated carbocycles. The summed E-state index contributed by atoms with van der Waals surface area (Å²) in [5, 5.41) is 10.9. The van der Waals surface area contributed by atoms with Gasteiger partial charge in [0.05, 0.1) is 31.8 Å². The number of carbonyl (C=O) groups excluding carboxylic acids is 4. The molecular formula is C49H57N7O7. The molecule has 14 nitrogen and oxygen atoms in total. The Hall–Kier alpha value is -6.83. The van der Waals surface area contributed by atoms with E-state index in [1.807, 2.05) is 63.2 Å². The SMILES string of the molecule is C/C=C(\N/C(CN(CCC)C(=O)C(NC(=O)OC)c1ccccc1)=C(\C)CC)c1ccc2c(c1)COc1cc3c(ccc4[nH]c(C5(C)[C@H](C)CN5C(=O)CNC(=O)OC)nc43)cc1-2. The van der Waals surface area contributed by atoms with Crippen LogP contribution in [-0.2, 0) is 31.2 Å². The summed E-state index contributed by atoms with van der Waals surface area (Å²) >= 11 is 0. The number of benzene rings is 4. The fourth-order valence-electron chi connectivity index (χ4n) is 8.51. The summed E-state index contributed by atoms with van der Waals surface area (Å²) in [5.41, 5.74) is 8.63. The highest BCUT2D eigenvalue weighted by molar-refractivity contribution is 6.07. The van der Waals surface area contributed by atoms with Crippen LogP contribution < -0.4 is 20.7 Å². The molecule has 3 heterocycles. The quantitative estimate of drug-likeness (QED) is 0.0860. The molecule has 0 spiro atoms. The monoisotopic (exact) mass is 855 g/mol. The van der Waals surface area contributed by atoms with Gasteiger partial charge in [-0.25, -0.2) is 14.6 Å². The summed E-state index contributed by atoms with van der Waals surface area (Å²) in [7, 11) is 2.55. The summed E-state index contributed by atoms with van der Waals surface area (Å²) in [6, 6.07) is 23.0. The number of nitrogens with zero attached hydrogens (tertiary/aromatic N) is 3. The van der Waals surface area contributed by atoms with E-state index >= 15 is 0 Å². The first-order chi connectivity index (χ1) is 30.3. The van der Waals surface area contributed by atoms with E-state index in [1.54, 1.807) is 9.80 Å². The van der Waals surface area contributed by atoms with E-state index in [-0.39, 0.29) is 24.3 Å². The number of rotatable bonds is 14. The zero-order valence-corrected chi connectivity index (χ0v) is 37.3. The molecule has 63 heavy (non-hydrogen) atoms. The standard InChI is InChI=1S/C49H57N7O7/c1-9-21-55(45(58)43(54-48(60)62-8)31-15-13-12-14-16-31)27-40(29(4)10-2)51-38(11-3)33-17-19-35-34(22-33)28-63-41-24-36-32(23-37(35)41)18-20-39-44(36)53-46(52-39)49(6)30(5)26-56(49)42(57)25-50-47(59)61-7/h11-20,22-24,30,43,51H,9-10,21,25-28H2,1-8H3,(H,50,59)(H,52,53)(H,54,60)/b38-11-,40-29+/t30-,43?,49?/m1/s1. The zero-order valence-electron chi connectivity index (χ0n) is 37.3. The van der Waals surface area contributed by atoms with Gasteiger partial charge in [0.15, 0.2) is 0 Å². The van der Waals surface area contributed by atoms with Gasteiger partial charge in [-0.3, -0.25) is 9.59 Å². The van der Waals surface area contributed by atoms with Crippen LogP contribution in [-0.4, -0.2) is 84.2 Å². The molecule has 14 heteroatoms. The molecule has 2 aliphatic rings. The Bertz CT molecular complexity index is 2620. The van der Waals surface area contributed by atoms with E-state index in [2.05, 4.69) is 82.8 Å². The maximum absolute atomic E-state index is 14.3. The number of imidazole rings is 1. The minimum atomic E-state index is -0.912. The molecule has 2 unspecified atom stereocenters. The highest BCUT2D eigenvalue weighted by atomic mass is 16.5. The smallest absolute Gasteiger partial charge is 0.407 e. The molecular weight excluding hydrogens is 799 g/mol. The van der Waals surface area contributed by atoms with Gasteiger partial charge < -0.3 is 44.9 Å². The Morgan fingerprint density at radius 1 is 1.02 bits per heavy atom. The number of methoxy groups -OCH3 is 2. The third kappa shape index (κ3) is 8.66. The topological polar surface area (TPSA) is 167 Å². The Balaban J connectivity index is 1.14. The molecule has 1 fully saturated rings. The number of aromatic amines is 1. The van der Waals surface area contributed by atoms with Gasteiger partial charge in [0.1, 0.15) is 36.3 Å². The van der Waals surface area contributed by atoms with Crippen molar-refractivity contribution in [1.82, 2.24) is 35.7 Å². The van der Waals surface area contributed by atoms with Crippen molar-refractivity contribution in [2.75, 3.05) is 40.4 Å². The minimum Gasteiger partial charge on any atom is -0.488 e. The number of likely N-dealkylation sites (tertiary alicyclic amines) is 1. The van der Waals surface area contributed by atoms with Crippen molar-refractivity contribution in [2.24, 2.45) is 5.92 Å². The molecule has 1 aromatic heterocycles. The second-order valence-electron chi connectivity index (χ2n) is 16.4. The number of hydrogen-bond donors (Lipinski definition) is 4. The molecule has 3 atom stereocenters. The van der Waals surface area contributed by atoms with Crippen molar-refractivity contribution in [2.45, 2.75) is 72.6 Å². The van der Waals surface area contributed by atoms with Gasteiger partial charge in [-0.1, -0.05) is 81.0 Å². The molecule has 0 aliphatic carbocycles. The van der Waals surface area contributed by atoms with Crippen molar-refractivity contribution in [3.8, 4) is 16.9 Å². The van der Waals surface area contributed by atoms with Crippen molar-refractivity contribution in [1.29, 1.82) is 0 Å². The van der Waals surface area contributed by atoms with Crippen LogP contribution in [0.5, 0.6) is 5.75 Å². The fourth-order valence-corrected chi connectivity index (χ4v) is 8.51. The van der Waals surface area contributed by atoms with E-state index in [4.69, 9.17) is 14.5 Å². The Morgan fingerprint density at radius 3 is 2.46 bits per heavy atom. The lowest BCUT2D eigenvalue weighted by molar-refractivity contribution is -0.155. The van der Waals surface area contributed by atoms with E-state index in [0.717, 1.165) is 79.6 Å². The van der Waals surface area contributed by atoms with Crippen LogP contribution in [0.15, 0.2) is 90.1 Å². The number of fused-ring (bicyclic) bond motifs is 6. The van der Waals surface area contributed by atoms with Crippen LogP contribution in [0.25, 0.3) is 38.6 Å². The molecule has 4 aromatic carbocycles. The van der Waals surface area contributed by atoms with Gasteiger partial charge in [-0.05, 0) is 85.5 Å². The summed E-state index contributed by atoms with van der Waals surface area (Å²) in [6.45, 7) is 13.8. The maximum atomic E-state index is 14.3. The number of nitrogens with one attached hydrogen (secondary N) is 4. The molecule has 1 saturated heterocycles. The van der Waals surface area contributed by atoms with E-state index in [9.17, 15) is 19.2 Å². The average molecular weight is 856 g/mol. The largest absolute Gasteiger partial charge is 0.488 e. The first-order valence-corrected chi connectivity index (χ1v) is 21.5. The summed E-state index contributed by atoms with van der Waals surface area (Å²) in [5.74, 6) is 1.14. The Morgan fingerprint density at radius 2 is 1.78 bits per heavy atom. The number of ether oxygens (including phenoxy) is 3. The van der Waals surface area contributed by atoms with Crippen molar-refractivity contribution in [3.05, 3.63) is 113 Å². The van der Waals surface area contributed by atoms with Gasteiger partial charge in [0, 0.05) is 41.4 Å².